The number of carboxylic acid groups (broad SMARTS) is 1. The van der Waals surface area contributed by atoms with Crippen molar-refractivity contribution in [2.75, 3.05) is 11.5 Å². The summed E-state index contributed by atoms with van der Waals surface area (Å²) in [6, 6.07) is 18.6. The van der Waals surface area contributed by atoms with Crippen LogP contribution in [0.2, 0.25) is 0 Å². The van der Waals surface area contributed by atoms with Gasteiger partial charge in [-0.1, -0.05) is 71.8 Å². The van der Waals surface area contributed by atoms with Crippen LogP contribution in [0.25, 0.3) is 0 Å². The minimum Gasteiger partial charge on any atom is -0.616 e. The number of hydrogen-bond donors (Lipinski definition) is 2. The molecule has 0 aromatic heterocycles. The van der Waals surface area contributed by atoms with Crippen molar-refractivity contribution >= 4 is 23.1 Å². The number of benzene rings is 2. The average Bonchev–Trinajstić information content (AvgIpc) is 2.85. The van der Waals surface area contributed by atoms with Gasteiger partial charge in [0.2, 0.25) is 5.91 Å². The van der Waals surface area contributed by atoms with Crippen LogP contribution in [0.15, 0.2) is 60.7 Å². The highest BCUT2D eigenvalue weighted by Gasteiger charge is 2.35. The summed E-state index contributed by atoms with van der Waals surface area (Å²) in [5.74, 6) is -0.0986. The van der Waals surface area contributed by atoms with Gasteiger partial charge in [0.25, 0.3) is 0 Å². The first-order valence-electron chi connectivity index (χ1n) is 11.6. The molecule has 0 fully saturated rings. The Bertz CT molecular complexity index is 964. The molecule has 6 nitrogen and oxygen atoms in total. The van der Waals surface area contributed by atoms with Gasteiger partial charge in [-0.05, 0) is 63.5 Å². The van der Waals surface area contributed by atoms with E-state index >= 15 is 0 Å². The predicted molar refractivity (Wildman–Crippen MR) is 135 cm³/mol. The highest BCUT2D eigenvalue weighted by atomic mass is 32.2. The molecular formula is C27H34N2O4S. The van der Waals surface area contributed by atoms with Crippen LogP contribution in [-0.4, -0.2) is 33.0 Å². The second kappa shape index (κ2) is 13.2. The van der Waals surface area contributed by atoms with E-state index in [9.17, 15) is 19.2 Å². The van der Waals surface area contributed by atoms with Crippen LogP contribution >= 0.6 is 0 Å². The first kappa shape index (κ1) is 27.4. The minimum atomic E-state index is -0.991. The normalized spacial score (nSPS) is 15.4. The molecule has 3 unspecified atom stereocenters. The van der Waals surface area contributed by atoms with Crippen LogP contribution < -0.4 is 5.32 Å². The fourth-order valence-corrected chi connectivity index (χ4v) is 5.41. The Morgan fingerprint density at radius 1 is 0.882 bits per heavy atom. The third kappa shape index (κ3) is 7.34. The number of hydrogen-bond acceptors (Lipinski definition) is 4. The van der Waals surface area contributed by atoms with Crippen LogP contribution in [0.5, 0.6) is 0 Å². The van der Waals surface area contributed by atoms with Gasteiger partial charge in [-0.25, -0.2) is 0 Å². The van der Waals surface area contributed by atoms with Crippen molar-refractivity contribution in [2.24, 2.45) is 0 Å². The Morgan fingerprint density at radius 2 is 1.32 bits per heavy atom. The molecule has 34 heavy (non-hydrogen) atoms. The van der Waals surface area contributed by atoms with Crippen molar-refractivity contribution < 1.29 is 19.2 Å². The molecule has 2 aromatic rings. The summed E-state index contributed by atoms with van der Waals surface area (Å²) < 4.78 is 12.5. The van der Waals surface area contributed by atoms with Crippen LogP contribution in [-0.2, 0) is 31.6 Å². The summed E-state index contributed by atoms with van der Waals surface area (Å²) in [6.45, 7) is 3.58. The van der Waals surface area contributed by atoms with Crippen molar-refractivity contribution in [3.63, 3.8) is 0 Å². The van der Waals surface area contributed by atoms with Gasteiger partial charge in [0.05, 0.1) is 10.8 Å². The first-order valence-corrected chi connectivity index (χ1v) is 13.1. The molecule has 0 bridgehead atoms. The Labute approximate surface area is 205 Å². The fraction of sp³-hybridized carbons (Fsp3) is 0.444. The lowest BCUT2D eigenvalue weighted by atomic mass is 9.77. The molecule has 0 radical (unpaired) electrons. The Morgan fingerprint density at radius 3 is 1.76 bits per heavy atom. The Hall–Kier alpha value is -2.82. The molecule has 182 valence electrons. The third-order valence-electron chi connectivity index (χ3n) is 6.56. The maximum Gasteiger partial charge on any atom is 0.313 e. The molecule has 0 aliphatic heterocycles. The van der Waals surface area contributed by atoms with Crippen LogP contribution in [0.3, 0.4) is 0 Å². The molecule has 1 amide bonds. The number of amides is 1. The lowest BCUT2D eigenvalue weighted by Crippen LogP contribution is -2.40. The molecule has 0 saturated carbocycles. The lowest BCUT2D eigenvalue weighted by Gasteiger charge is -2.27. The van der Waals surface area contributed by atoms with E-state index < -0.39 is 28.0 Å². The van der Waals surface area contributed by atoms with E-state index in [0.29, 0.717) is 50.0 Å². The molecule has 0 aliphatic rings. The number of nitriles is 1. The zero-order valence-electron chi connectivity index (χ0n) is 20.0. The molecule has 0 aliphatic carbocycles. The van der Waals surface area contributed by atoms with Gasteiger partial charge < -0.3 is 9.66 Å². The number of carbonyl (C=O) groups excluding carboxylic acids is 1. The Balaban J connectivity index is 1.78. The summed E-state index contributed by atoms with van der Waals surface area (Å²) >= 11 is -0.991. The van der Waals surface area contributed by atoms with Gasteiger partial charge in [0.15, 0.2) is 6.19 Å². The topological polar surface area (TPSA) is 113 Å². The van der Waals surface area contributed by atoms with Gasteiger partial charge in [-0.3, -0.25) is 14.9 Å². The third-order valence-corrected chi connectivity index (χ3v) is 8.05. The van der Waals surface area contributed by atoms with E-state index in [2.05, 4.69) is 5.32 Å². The number of nitrogens with one attached hydrogen (secondary N) is 1. The van der Waals surface area contributed by atoms with E-state index in [4.69, 9.17) is 5.26 Å². The van der Waals surface area contributed by atoms with Gasteiger partial charge in [-0.15, -0.1) is 0 Å². The second-order valence-electron chi connectivity index (χ2n) is 9.03. The van der Waals surface area contributed by atoms with E-state index in [-0.39, 0.29) is 5.91 Å². The highest BCUT2D eigenvalue weighted by Crippen LogP contribution is 2.31. The van der Waals surface area contributed by atoms with Crippen molar-refractivity contribution in [1.82, 2.24) is 5.32 Å². The van der Waals surface area contributed by atoms with Gasteiger partial charge >= 0.3 is 5.97 Å². The summed E-state index contributed by atoms with van der Waals surface area (Å²) in [7, 11) is 0. The SMILES string of the molecule is CC(CCCC[S+]([O-])CCCCC(C)(C(=O)NC#N)c1ccccc1)(C(=O)O)c1ccccc1. The minimum absolute atomic E-state index is 0.331. The summed E-state index contributed by atoms with van der Waals surface area (Å²) in [6.07, 6.45) is 5.58. The molecular weight excluding hydrogens is 448 g/mol. The standard InChI is InChI=1S/C27H34N2O4S/c1-26(24(30)29-21-28,22-13-5-3-6-14-22)17-9-11-19-34(33)20-12-10-18-27(2,25(31)32)23-15-7-4-8-16-23/h3-8,13-16H,9-12,17-20H2,1-2H3,(H,29,30)(H,31,32). The summed E-state index contributed by atoms with van der Waals surface area (Å²) in [4.78, 5) is 24.5. The Kier molecular flexibility index (Phi) is 10.6. The lowest BCUT2D eigenvalue weighted by molar-refractivity contribution is -0.143. The zero-order valence-corrected chi connectivity index (χ0v) is 20.8. The monoisotopic (exact) mass is 482 g/mol. The molecule has 7 heteroatoms. The molecule has 2 rings (SSSR count). The zero-order chi connectivity index (χ0) is 25.0. The van der Waals surface area contributed by atoms with Crippen molar-refractivity contribution in [1.29, 1.82) is 5.26 Å². The average molecular weight is 483 g/mol. The molecule has 0 spiro atoms. The summed E-state index contributed by atoms with van der Waals surface area (Å²) in [5, 5.41) is 20.9. The van der Waals surface area contributed by atoms with Gasteiger partial charge in [-0.2, -0.15) is 5.26 Å². The van der Waals surface area contributed by atoms with Crippen molar-refractivity contribution in [3.05, 3.63) is 71.8 Å². The molecule has 0 saturated heterocycles. The largest absolute Gasteiger partial charge is 0.616 e. The van der Waals surface area contributed by atoms with E-state index in [1.165, 1.54) is 0 Å². The van der Waals surface area contributed by atoms with Crippen molar-refractivity contribution in [2.45, 2.75) is 63.2 Å². The van der Waals surface area contributed by atoms with E-state index in [1.54, 1.807) is 13.1 Å². The predicted octanol–water partition coefficient (Wildman–Crippen LogP) is 4.67. The highest BCUT2D eigenvalue weighted by molar-refractivity contribution is 7.91. The summed E-state index contributed by atoms with van der Waals surface area (Å²) in [5.41, 5.74) is -0.138. The maximum atomic E-state index is 12.6. The number of unbranched alkanes of at least 4 members (excludes halogenated alkanes) is 2. The number of nitrogens with zero attached hydrogens (tertiary/aromatic N) is 1. The number of carbonyl (C=O) groups is 2. The van der Waals surface area contributed by atoms with Gasteiger partial charge in [0.1, 0.15) is 11.5 Å². The maximum absolute atomic E-state index is 12.6. The smallest absolute Gasteiger partial charge is 0.313 e. The van der Waals surface area contributed by atoms with Crippen LogP contribution in [0.1, 0.15) is 63.5 Å². The molecule has 3 atom stereocenters. The molecule has 0 heterocycles. The number of carboxylic acids is 1. The first-order chi connectivity index (χ1) is 16.2. The molecule has 2 aromatic carbocycles. The number of rotatable bonds is 14. The molecule has 2 N–H and O–H groups in total. The number of aliphatic carboxylic acids is 1. The van der Waals surface area contributed by atoms with Crippen molar-refractivity contribution in [3.8, 4) is 6.19 Å². The van der Waals surface area contributed by atoms with E-state index in [0.717, 1.165) is 11.1 Å². The van der Waals surface area contributed by atoms with Gasteiger partial charge in [0, 0.05) is 0 Å². The van der Waals surface area contributed by atoms with Crippen LogP contribution in [0.4, 0.5) is 0 Å². The second-order valence-corrected chi connectivity index (χ2v) is 10.7. The van der Waals surface area contributed by atoms with Crippen LogP contribution in [0, 0.1) is 11.5 Å². The quantitative estimate of drug-likeness (QED) is 0.176. The fourth-order valence-electron chi connectivity index (χ4n) is 4.15. The van der Waals surface area contributed by atoms with E-state index in [1.807, 2.05) is 67.6 Å².